The molecule has 8 heteroatoms. The Hall–Kier alpha value is -2.82. The van der Waals surface area contributed by atoms with Crippen LogP contribution in [0.25, 0.3) is 11.4 Å². The summed E-state index contributed by atoms with van der Waals surface area (Å²) in [5, 5.41) is 3.26. The third kappa shape index (κ3) is 3.25. The zero-order valence-electron chi connectivity index (χ0n) is 11.4. The first-order valence-corrected chi connectivity index (χ1v) is 6.03. The maximum absolute atomic E-state index is 12.4. The number of hydrogen-bond donors (Lipinski definition) is 0. The molecule has 1 amide bonds. The summed E-state index contributed by atoms with van der Waals surface area (Å²) in [4.78, 5) is 16.6. The van der Waals surface area contributed by atoms with E-state index in [1.807, 2.05) is 0 Å². The van der Waals surface area contributed by atoms with E-state index in [1.165, 1.54) is 29.2 Å². The Morgan fingerprint density at radius 2 is 2.00 bits per heavy atom. The fraction of sp³-hybridized carbons (Fsp3) is 0.214. The van der Waals surface area contributed by atoms with Gasteiger partial charge in [-0.05, 0) is 12.1 Å². The lowest BCUT2D eigenvalue weighted by atomic mass is 10.1. The van der Waals surface area contributed by atoms with Crippen molar-refractivity contribution in [1.29, 1.82) is 0 Å². The molecule has 0 N–H and O–H groups in total. The van der Waals surface area contributed by atoms with Crippen molar-refractivity contribution < 1.29 is 22.5 Å². The summed E-state index contributed by atoms with van der Waals surface area (Å²) >= 11 is 0. The molecule has 1 aromatic carbocycles. The highest BCUT2D eigenvalue weighted by atomic mass is 19.4. The summed E-state index contributed by atoms with van der Waals surface area (Å²) in [6, 6.07) is 5.77. The third-order valence-corrected chi connectivity index (χ3v) is 2.73. The molecule has 0 aliphatic rings. The predicted octanol–water partition coefficient (Wildman–Crippen LogP) is 2.46. The van der Waals surface area contributed by atoms with Crippen LogP contribution in [0.5, 0.6) is 0 Å². The Morgan fingerprint density at radius 3 is 2.50 bits per heavy atom. The van der Waals surface area contributed by atoms with E-state index in [1.54, 1.807) is 7.05 Å². The highest BCUT2D eigenvalue weighted by Crippen LogP contribution is 2.29. The van der Waals surface area contributed by atoms with Crippen LogP contribution in [-0.4, -0.2) is 34.5 Å². The number of carbonyl (C=O) groups is 1. The monoisotopic (exact) mass is 309 g/mol. The van der Waals surface area contributed by atoms with Crippen molar-refractivity contribution in [1.82, 2.24) is 15.0 Å². The van der Waals surface area contributed by atoms with Crippen molar-refractivity contribution in [3.8, 4) is 23.7 Å². The summed E-state index contributed by atoms with van der Waals surface area (Å²) in [5.41, 5.74) is 0.649. The molecule has 0 bridgehead atoms. The Balaban J connectivity index is 2.21. The number of hydrogen-bond acceptors (Lipinski definition) is 4. The quantitative estimate of drug-likeness (QED) is 0.817. The van der Waals surface area contributed by atoms with Crippen LogP contribution in [0.4, 0.5) is 13.2 Å². The van der Waals surface area contributed by atoms with Crippen molar-refractivity contribution >= 4 is 5.91 Å². The van der Waals surface area contributed by atoms with Gasteiger partial charge in [0.25, 0.3) is 5.91 Å². The molecule has 2 aromatic rings. The molecule has 22 heavy (non-hydrogen) atoms. The van der Waals surface area contributed by atoms with Crippen molar-refractivity contribution in [2.24, 2.45) is 0 Å². The second-order valence-corrected chi connectivity index (χ2v) is 4.36. The Kier molecular flexibility index (Phi) is 4.17. The van der Waals surface area contributed by atoms with Gasteiger partial charge in [0, 0.05) is 18.2 Å². The van der Waals surface area contributed by atoms with Crippen LogP contribution in [-0.2, 0) is 6.18 Å². The van der Waals surface area contributed by atoms with E-state index in [4.69, 9.17) is 6.42 Å². The molecule has 0 atom stereocenters. The molecule has 0 aliphatic carbocycles. The van der Waals surface area contributed by atoms with Crippen LogP contribution in [0.3, 0.4) is 0 Å². The van der Waals surface area contributed by atoms with Crippen molar-refractivity contribution in [2.75, 3.05) is 13.6 Å². The van der Waals surface area contributed by atoms with E-state index in [9.17, 15) is 18.0 Å². The lowest BCUT2D eigenvalue weighted by molar-refractivity contribution is -0.159. The summed E-state index contributed by atoms with van der Waals surface area (Å²) in [7, 11) is 1.55. The molecule has 0 fully saturated rings. The summed E-state index contributed by atoms with van der Waals surface area (Å²) in [5.74, 6) is 0.416. The maximum Gasteiger partial charge on any atom is 0.471 e. The first-order chi connectivity index (χ1) is 10.3. The second-order valence-electron chi connectivity index (χ2n) is 4.36. The van der Waals surface area contributed by atoms with E-state index in [-0.39, 0.29) is 18.3 Å². The lowest BCUT2D eigenvalue weighted by Gasteiger charge is -2.13. The number of alkyl halides is 3. The molecule has 0 radical (unpaired) electrons. The van der Waals surface area contributed by atoms with Crippen LogP contribution >= 0.6 is 0 Å². The van der Waals surface area contributed by atoms with E-state index in [0.717, 1.165) is 0 Å². The largest absolute Gasteiger partial charge is 0.471 e. The Bertz CT molecular complexity index is 714. The van der Waals surface area contributed by atoms with Crippen LogP contribution in [0.2, 0.25) is 0 Å². The number of terminal acetylenes is 1. The van der Waals surface area contributed by atoms with E-state index < -0.39 is 12.1 Å². The van der Waals surface area contributed by atoms with Gasteiger partial charge in [0.15, 0.2) is 0 Å². The van der Waals surface area contributed by atoms with Gasteiger partial charge in [-0.15, -0.1) is 6.42 Å². The fourth-order valence-electron chi connectivity index (χ4n) is 1.65. The van der Waals surface area contributed by atoms with Crippen molar-refractivity contribution in [2.45, 2.75) is 6.18 Å². The number of amides is 1. The summed E-state index contributed by atoms with van der Waals surface area (Å²) in [6.45, 7) is 0.153. The number of halogens is 3. The zero-order chi connectivity index (χ0) is 16.3. The molecule has 5 nitrogen and oxygen atoms in total. The van der Waals surface area contributed by atoms with Gasteiger partial charge in [0.05, 0.1) is 6.54 Å². The molecule has 0 unspecified atom stereocenters. The molecule has 0 aliphatic heterocycles. The normalized spacial score (nSPS) is 11.0. The molecule has 0 saturated carbocycles. The van der Waals surface area contributed by atoms with Gasteiger partial charge in [-0.2, -0.15) is 18.2 Å². The number of benzene rings is 1. The number of aromatic nitrogens is 2. The molecular formula is C14H10F3N3O2. The van der Waals surface area contributed by atoms with E-state index in [0.29, 0.717) is 11.1 Å². The SMILES string of the molecule is C#CCN(C)C(=O)c1ccc(-c2noc(C(F)(F)F)n2)cc1. The molecular weight excluding hydrogens is 299 g/mol. The smallest absolute Gasteiger partial charge is 0.331 e. The Morgan fingerprint density at radius 1 is 1.36 bits per heavy atom. The van der Waals surface area contributed by atoms with Gasteiger partial charge >= 0.3 is 12.1 Å². The third-order valence-electron chi connectivity index (χ3n) is 2.73. The molecule has 0 saturated heterocycles. The van der Waals surface area contributed by atoms with Crippen molar-refractivity contribution in [3.63, 3.8) is 0 Å². The van der Waals surface area contributed by atoms with Crippen LogP contribution in [0, 0.1) is 12.3 Å². The number of rotatable bonds is 3. The van der Waals surface area contributed by atoms with Gasteiger partial charge in [0.1, 0.15) is 0 Å². The number of nitrogens with zero attached hydrogens (tertiary/aromatic N) is 3. The van der Waals surface area contributed by atoms with Crippen LogP contribution in [0.15, 0.2) is 28.8 Å². The first kappa shape index (κ1) is 15.6. The van der Waals surface area contributed by atoms with Gasteiger partial charge in [0.2, 0.25) is 5.82 Å². The minimum atomic E-state index is -4.70. The molecule has 0 spiro atoms. The molecule has 1 heterocycles. The van der Waals surface area contributed by atoms with Gasteiger partial charge in [-0.1, -0.05) is 23.2 Å². The molecule has 2 rings (SSSR count). The maximum atomic E-state index is 12.4. The van der Waals surface area contributed by atoms with Gasteiger partial charge in [-0.3, -0.25) is 4.79 Å². The fourth-order valence-corrected chi connectivity index (χ4v) is 1.65. The average molecular weight is 309 g/mol. The minimum absolute atomic E-state index is 0.153. The highest BCUT2D eigenvalue weighted by Gasteiger charge is 2.38. The minimum Gasteiger partial charge on any atom is -0.331 e. The zero-order valence-corrected chi connectivity index (χ0v) is 11.4. The van der Waals surface area contributed by atoms with Crippen LogP contribution in [0.1, 0.15) is 16.2 Å². The molecule has 1 aromatic heterocycles. The van der Waals surface area contributed by atoms with Crippen molar-refractivity contribution in [3.05, 3.63) is 35.7 Å². The first-order valence-electron chi connectivity index (χ1n) is 6.03. The average Bonchev–Trinajstić information content (AvgIpc) is 2.97. The second kappa shape index (κ2) is 5.89. The van der Waals surface area contributed by atoms with E-state index >= 15 is 0 Å². The topological polar surface area (TPSA) is 59.2 Å². The standard InChI is InChI=1S/C14H10F3N3O2/c1-3-8-20(2)12(21)10-6-4-9(5-7-10)11-18-13(22-19-11)14(15,16)17/h1,4-7H,8H2,2H3. The van der Waals surface area contributed by atoms with Crippen LogP contribution < -0.4 is 0 Å². The summed E-state index contributed by atoms with van der Waals surface area (Å²) in [6.07, 6.45) is 0.425. The summed E-state index contributed by atoms with van der Waals surface area (Å²) < 4.78 is 41.3. The van der Waals surface area contributed by atoms with Gasteiger partial charge < -0.3 is 9.42 Å². The van der Waals surface area contributed by atoms with Gasteiger partial charge in [-0.25, -0.2) is 0 Å². The molecule has 114 valence electrons. The van der Waals surface area contributed by atoms with E-state index in [2.05, 4.69) is 20.6 Å². The number of carbonyl (C=O) groups excluding carboxylic acids is 1. The highest BCUT2D eigenvalue weighted by molar-refractivity contribution is 5.94. The Labute approximate surface area is 123 Å². The lowest BCUT2D eigenvalue weighted by Crippen LogP contribution is -2.26. The predicted molar refractivity (Wildman–Crippen MR) is 70.5 cm³/mol.